The molecule has 3 fully saturated rings. The van der Waals surface area contributed by atoms with Crippen molar-refractivity contribution in [2.24, 2.45) is 23.7 Å². The predicted molar refractivity (Wildman–Crippen MR) is 160 cm³/mol. The Morgan fingerprint density at radius 1 is 0.956 bits per heavy atom. The lowest BCUT2D eigenvalue weighted by atomic mass is 9.61. The molecule has 3 amide bonds. The van der Waals surface area contributed by atoms with Gasteiger partial charge in [0, 0.05) is 18.0 Å². The number of ether oxygens (including phenoxy) is 2. The summed E-state index contributed by atoms with van der Waals surface area (Å²) in [5.74, 6) is -2.16. The zero-order chi connectivity index (χ0) is 33.8. The molecule has 252 valence electrons. The zero-order valence-corrected chi connectivity index (χ0v) is 27.9. The van der Waals surface area contributed by atoms with Gasteiger partial charge in [0.15, 0.2) is 0 Å². The van der Waals surface area contributed by atoms with Crippen molar-refractivity contribution in [3.05, 3.63) is 22.4 Å². The van der Waals surface area contributed by atoms with Crippen molar-refractivity contribution in [2.75, 3.05) is 13.1 Å². The van der Waals surface area contributed by atoms with Crippen LogP contribution in [0.1, 0.15) is 94.4 Å². The average molecular weight is 640 g/mol. The van der Waals surface area contributed by atoms with E-state index < -0.39 is 65.8 Å². The number of esters is 1. The molecular formula is C33H48F3N3O6. The molecule has 1 aliphatic carbocycles. The first kappa shape index (κ1) is 34.8. The molecular weight excluding hydrogens is 591 g/mol. The minimum Gasteiger partial charge on any atom is -0.455 e. The van der Waals surface area contributed by atoms with E-state index in [1.807, 2.05) is 6.92 Å². The van der Waals surface area contributed by atoms with Crippen LogP contribution in [-0.2, 0) is 23.9 Å². The first-order valence-electron chi connectivity index (χ1n) is 16.0. The van der Waals surface area contributed by atoms with Crippen molar-refractivity contribution >= 4 is 23.9 Å². The lowest BCUT2D eigenvalue weighted by molar-refractivity contribution is -0.162. The summed E-state index contributed by atoms with van der Waals surface area (Å²) in [6.45, 7) is 15.1. The Morgan fingerprint density at radius 3 is 2.13 bits per heavy atom. The number of amides is 3. The van der Waals surface area contributed by atoms with Gasteiger partial charge >= 0.3 is 18.2 Å². The molecule has 0 aromatic heterocycles. The van der Waals surface area contributed by atoms with Crippen LogP contribution in [0.3, 0.4) is 0 Å². The summed E-state index contributed by atoms with van der Waals surface area (Å²) in [7, 11) is 0. The van der Waals surface area contributed by atoms with Gasteiger partial charge in [0.2, 0.25) is 5.91 Å². The predicted octanol–water partition coefficient (Wildman–Crippen LogP) is 5.89. The number of β-lactam (4-membered cyclic amide) rings is 1. The molecule has 0 bridgehead atoms. The van der Waals surface area contributed by atoms with Gasteiger partial charge in [-0.2, -0.15) is 13.2 Å². The molecule has 0 spiro atoms. The summed E-state index contributed by atoms with van der Waals surface area (Å²) in [4.78, 5) is 56.0. The fraction of sp³-hybridized carbons (Fsp3) is 0.758. The van der Waals surface area contributed by atoms with Crippen LogP contribution in [0.25, 0.3) is 0 Å². The fourth-order valence-electron chi connectivity index (χ4n) is 7.38. The summed E-state index contributed by atoms with van der Waals surface area (Å²) >= 11 is 0. The van der Waals surface area contributed by atoms with Gasteiger partial charge in [-0.3, -0.25) is 14.5 Å². The number of halogens is 3. The van der Waals surface area contributed by atoms with Crippen LogP contribution in [0, 0.1) is 23.7 Å². The molecule has 45 heavy (non-hydrogen) atoms. The first-order chi connectivity index (χ1) is 20.6. The number of hydrogen-bond donors (Lipinski definition) is 1. The van der Waals surface area contributed by atoms with Crippen LogP contribution in [0.5, 0.6) is 0 Å². The molecule has 4 rings (SSSR count). The van der Waals surface area contributed by atoms with Gasteiger partial charge in [-0.25, -0.2) is 9.59 Å². The Balaban J connectivity index is 1.82. The summed E-state index contributed by atoms with van der Waals surface area (Å²) in [5, 5.41) is 2.66. The molecule has 4 aliphatic rings. The maximum Gasteiger partial charge on any atom is 0.408 e. The number of carbonyl (C=O) groups excluding carboxylic acids is 4. The topological polar surface area (TPSA) is 105 Å². The van der Waals surface area contributed by atoms with Gasteiger partial charge in [-0.05, 0) is 97.0 Å². The molecule has 3 heterocycles. The van der Waals surface area contributed by atoms with Gasteiger partial charge in [0.1, 0.15) is 29.5 Å². The summed E-state index contributed by atoms with van der Waals surface area (Å²) in [5.41, 5.74) is 0.328. The molecule has 2 saturated heterocycles. The van der Waals surface area contributed by atoms with Gasteiger partial charge < -0.3 is 19.7 Å². The average Bonchev–Trinajstić information content (AvgIpc) is 3.21. The number of alkyl carbamates (subject to hydrolysis) is 1. The number of alkyl halides is 3. The maximum atomic E-state index is 14.0. The highest BCUT2D eigenvalue weighted by Crippen LogP contribution is 2.52. The van der Waals surface area contributed by atoms with E-state index in [1.54, 1.807) is 41.5 Å². The number of fused-ring (bicyclic) bond motifs is 1. The fourth-order valence-corrected chi connectivity index (χ4v) is 7.38. The van der Waals surface area contributed by atoms with Crippen molar-refractivity contribution < 1.29 is 41.8 Å². The van der Waals surface area contributed by atoms with Crippen molar-refractivity contribution in [1.29, 1.82) is 0 Å². The number of likely N-dealkylation sites (tertiary alicyclic amines) is 1. The van der Waals surface area contributed by atoms with Crippen molar-refractivity contribution in [1.82, 2.24) is 15.1 Å². The molecule has 0 aromatic carbocycles. The highest BCUT2D eigenvalue weighted by molar-refractivity contribution is 6.02. The Bertz CT molecular complexity index is 1290. The number of rotatable bonds is 5. The van der Waals surface area contributed by atoms with Crippen LogP contribution in [0.2, 0.25) is 0 Å². The van der Waals surface area contributed by atoms with Crippen molar-refractivity contribution in [2.45, 2.75) is 124 Å². The SMILES string of the molecule is CC1CCC(C(C)C)C(C2=C(C(=O)OC(C)(C)C)N3C(=O)[C@@H](NC(=O)OC(C)(C)C)[C@H]3CC2)/C1=C1\CCN(CC(F)(F)F)C1=O. The van der Waals surface area contributed by atoms with Crippen LogP contribution in [0.15, 0.2) is 22.4 Å². The molecule has 0 aromatic rings. The number of carbonyl (C=O) groups is 4. The Labute approximate surface area is 263 Å². The second-order valence-corrected chi connectivity index (χ2v) is 15.2. The van der Waals surface area contributed by atoms with Gasteiger partial charge in [0.05, 0.1) is 6.04 Å². The second-order valence-electron chi connectivity index (χ2n) is 15.2. The van der Waals surface area contributed by atoms with E-state index in [9.17, 15) is 32.3 Å². The normalized spacial score (nSPS) is 29.6. The summed E-state index contributed by atoms with van der Waals surface area (Å²) in [6, 6.07) is -1.38. The summed E-state index contributed by atoms with van der Waals surface area (Å²) in [6.07, 6.45) is -2.66. The Hall–Kier alpha value is -3.05. The third-order valence-corrected chi connectivity index (χ3v) is 9.09. The number of hydrogen-bond acceptors (Lipinski definition) is 6. The molecule has 0 radical (unpaired) electrons. The summed E-state index contributed by atoms with van der Waals surface area (Å²) < 4.78 is 51.1. The molecule has 5 atom stereocenters. The Kier molecular flexibility index (Phi) is 9.50. The lowest BCUT2D eigenvalue weighted by Gasteiger charge is -2.53. The van der Waals surface area contributed by atoms with E-state index in [2.05, 4.69) is 19.2 Å². The third kappa shape index (κ3) is 7.51. The number of nitrogens with one attached hydrogen (secondary N) is 1. The monoisotopic (exact) mass is 639 g/mol. The molecule has 1 N–H and O–H groups in total. The standard InChI is InChI=1S/C33H48F3N3O6/c1-17(2)19-11-10-18(3)23(21-14-15-38(27(21)40)16-33(34,35)36)24(19)20-12-13-22-25(37-30(43)45-32(7,8)9)28(41)39(22)26(20)29(42)44-31(4,5)6/h17-19,22,24-25H,10-16H2,1-9H3,(H,37,43)/b23-21+/t18?,19?,22-,24?,25+/m1/s1. The van der Waals surface area contributed by atoms with Crippen LogP contribution in [-0.4, -0.2) is 76.2 Å². The smallest absolute Gasteiger partial charge is 0.408 e. The Morgan fingerprint density at radius 2 is 1.58 bits per heavy atom. The van der Waals surface area contributed by atoms with E-state index in [4.69, 9.17) is 9.47 Å². The third-order valence-electron chi connectivity index (χ3n) is 9.09. The van der Waals surface area contributed by atoms with Gasteiger partial charge in [-0.1, -0.05) is 26.3 Å². The molecule has 3 aliphatic heterocycles. The highest BCUT2D eigenvalue weighted by atomic mass is 19.4. The van der Waals surface area contributed by atoms with E-state index in [-0.39, 0.29) is 36.4 Å². The minimum atomic E-state index is -4.51. The second kappa shape index (κ2) is 12.3. The molecule has 12 heteroatoms. The van der Waals surface area contributed by atoms with E-state index in [0.717, 1.165) is 23.3 Å². The van der Waals surface area contributed by atoms with Gasteiger partial charge in [0.25, 0.3) is 5.91 Å². The van der Waals surface area contributed by atoms with E-state index >= 15 is 0 Å². The number of nitrogens with zero attached hydrogens (tertiary/aromatic N) is 2. The van der Waals surface area contributed by atoms with Crippen molar-refractivity contribution in [3.8, 4) is 0 Å². The minimum absolute atomic E-state index is 0.00998. The van der Waals surface area contributed by atoms with Gasteiger partial charge in [-0.15, -0.1) is 0 Å². The number of allylic oxidation sites excluding steroid dienone is 2. The lowest BCUT2D eigenvalue weighted by Crippen LogP contribution is -2.72. The van der Waals surface area contributed by atoms with Crippen LogP contribution >= 0.6 is 0 Å². The van der Waals surface area contributed by atoms with E-state index in [0.29, 0.717) is 24.0 Å². The zero-order valence-electron chi connectivity index (χ0n) is 27.9. The molecule has 3 unspecified atom stereocenters. The largest absolute Gasteiger partial charge is 0.455 e. The van der Waals surface area contributed by atoms with Crippen molar-refractivity contribution in [3.63, 3.8) is 0 Å². The van der Waals surface area contributed by atoms with Crippen LogP contribution < -0.4 is 5.32 Å². The first-order valence-corrected chi connectivity index (χ1v) is 16.0. The highest BCUT2D eigenvalue weighted by Gasteiger charge is 2.56. The molecule has 1 saturated carbocycles. The maximum absolute atomic E-state index is 14.0. The molecule has 9 nitrogen and oxygen atoms in total. The van der Waals surface area contributed by atoms with E-state index in [1.165, 1.54) is 4.90 Å². The van der Waals surface area contributed by atoms with Crippen LogP contribution in [0.4, 0.5) is 18.0 Å². The quantitative estimate of drug-likeness (QED) is 0.229.